The van der Waals surface area contributed by atoms with Gasteiger partial charge in [0, 0.05) is 11.6 Å². The molecular weight excluding hydrogens is 318 g/mol. The summed E-state index contributed by atoms with van der Waals surface area (Å²) in [6, 6.07) is 2.56. The summed E-state index contributed by atoms with van der Waals surface area (Å²) in [5.41, 5.74) is 0.398. The number of nitro groups is 1. The molecule has 1 saturated carbocycles. The molecule has 8 heteroatoms. The third-order valence-electron chi connectivity index (χ3n) is 3.99. The minimum absolute atomic E-state index is 0.0454. The molecule has 0 saturated heterocycles. The number of nitro benzene ring substituents is 1. The van der Waals surface area contributed by atoms with E-state index in [9.17, 15) is 23.7 Å². The molecular formula is C13H14ClNO5S. The Bertz CT molecular complexity index is 640. The lowest BCUT2D eigenvalue weighted by molar-refractivity contribution is -0.385. The lowest BCUT2D eigenvalue weighted by Crippen LogP contribution is -2.29. The zero-order valence-corrected chi connectivity index (χ0v) is 12.9. The molecule has 0 heterocycles. The molecule has 0 radical (unpaired) electrons. The van der Waals surface area contributed by atoms with E-state index in [1.54, 1.807) is 6.92 Å². The smallest absolute Gasteiger partial charge is 0.274 e. The van der Waals surface area contributed by atoms with Crippen LogP contribution < -0.4 is 0 Å². The van der Waals surface area contributed by atoms with E-state index in [4.69, 9.17) is 11.6 Å². The number of rotatable bonds is 4. The second-order valence-electron chi connectivity index (χ2n) is 5.17. The Morgan fingerprint density at radius 1 is 1.43 bits per heavy atom. The molecule has 114 valence electrons. The first kappa shape index (κ1) is 16.1. The number of carbonyl (C=O) groups excluding carboxylic acids is 1. The molecule has 1 aromatic carbocycles. The van der Waals surface area contributed by atoms with Gasteiger partial charge in [0.15, 0.2) is 11.1 Å². The van der Waals surface area contributed by atoms with Gasteiger partial charge in [0.25, 0.3) is 10.9 Å². The highest BCUT2D eigenvalue weighted by molar-refractivity contribution is 7.80. The van der Waals surface area contributed by atoms with Gasteiger partial charge in [-0.1, -0.05) is 12.8 Å². The van der Waals surface area contributed by atoms with Crippen LogP contribution >= 0.6 is 11.6 Å². The van der Waals surface area contributed by atoms with Crippen LogP contribution in [0.15, 0.2) is 12.1 Å². The van der Waals surface area contributed by atoms with Crippen LogP contribution in [0, 0.1) is 17.0 Å². The van der Waals surface area contributed by atoms with Crippen molar-refractivity contribution in [1.82, 2.24) is 0 Å². The van der Waals surface area contributed by atoms with Crippen molar-refractivity contribution in [2.24, 2.45) is 0 Å². The fraction of sp³-hybridized carbons (Fsp3) is 0.462. The maximum Gasteiger partial charge on any atom is 0.274 e. The van der Waals surface area contributed by atoms with Gasteiger partial charge in [0.05, 0.1) is 10.5 Å². The van der Waals surface area contributed by atoms with Gasteiger partial charge in [-0.05, 0) is 43.0 Å². The van der Waals surface area contributed by atoms with Crippen LogP contribution in [-0.2, 0) is 15.8 Å². The van der Waals surface area contributed by atoms with Gasteiger partial charge in [0.1, 0.15) is 4.75 Å². The average Bonchev–Trinajstić information content (AvgIpc) is 2.87. The lowest BCUT2D eigenvalue weighted by atomic mass is 9.91. The van der Waals surface area contributed by atoms with Gasteiger partial charge < -0.3 is 4.55 Å². The second kappa shape index (κ2) is 5.82. The minimum Gasteiger partial charge on any atom is -0.305 e. The van der Waals surface area contributed by atoms with Crippen molar-refractivity contribution in [2.75, 3.05) is 0 Å². The number of hydrogen-bond acceptors (Lipinski definition) is 4. The SMILES string of the molecule is Cc1cc(C2(S(=O)O)CCCC2)c([N+](=O)[O-])cc1C(=O)Cl. The molecule has 2 rings (SSSR count). The van der Waals surface area contributed by atoms with E-state index in [0.29, 0.717) is 18.4 Å². The van der Waals surface area contributed by atoms with E-state index in [2.05, 4.69) is 0 Å². The first-order valence-electron chi connectivity index (χ1n) is 6.40. The van der Waals surface area contributed by atoms with E-state index in [1.807, 2.05) is 0 Å². The third kappa shape index (κ3) is 2.73. The maximum atomic E-state index is 11.8. The summed E-state index contributed by atoms with van der Waals surface area (Å²) in [4.78, 5) is 22.0. The topological polar surface area (TPSA) is 97.5 Å². The highest BCUT2D eigenvalue weighted by Crippen LogP contribution is 2.47. The summed E-state index contributed by atoms with van der Waals surface area (Å²) in [6.07, 6.45) is 2.28. The molecule has 0 amide bonds. The quantitative estimate of drug-likeness (QED) is 0.395. The Labute approximate surface area is 128 Å². The van der Waals surface area contributed by atoms with E-state index in [1.165, 1.54) is 6.07 Å². The monoisotopic (exact) mass is 331 g/mol. The molecule has 1 fully saturated rings. The molecule has 0 aromatic heterocycles. The van der Waals surface area contributed by atoms with Crippen molar-refractivity contribution < 1.29 is 18.5 Å². The van der Waals surface area contributed by atoms with Crippen molar-refractivity contribution in [3.8, 4) is 0 Å². The predicted molar refractivity (Wildman–Crippen MR) is 78.9 cm³/mol. The van der Waals surface area contributed by atoms with E-state index < -0.39 is 26.0 Å². The standard InChI is InChI=1S/C13H14ClNO5S/c1-8-6-10(13(21(19)20)4-2-3-5-13)11(15(17)18)7-9(8)12(14)16/h6-7H,2-5H2,1H3,(H,19,20). The van der Waals surface area contributed by atoms with Gasteiger partial charge in [0.2, 0.25) is 0 Å². The van der Waals surface area contributed by atoms with Gasteiger partial charge in [-0.3, -0.25) is 14.9 Å². The highest BCUT2D eigenvalue weighted by Gasteiger charge is 2.46. The van der Waals surface area contributed by atoms with Crippen molar-refractivity contribution in [1.29, 1.82) is 0 Å². The van der Waals surface area contributed by atoms with Crippen LogP contribution in [0.5, 0.6) is 0 Å². The van der Waals surface area contributed by atoms with Crippen molar-refractivity contribution in [3.05, 3.63) is 38.9 Å². The highest BCUT2D eigenvalue weighted by atomic mass is 35.5. The average molecular weight is 332 g/mol. The van der Waals surface area contributed by atoms with E-state index >= 15 is 0 Å². The number of carbonyl (C=O) groups is 1. The Balaban J connectivity index is 2.73. The molecule has 6 nitrogen and oxygen atoms in total. The molecule has 1 unspecified atom stereocenters. The van der Waals surface area contributed by atoms with Crippen LogP contribution in [0.4, 0.5) is 5.69 Å². The van der Waals surface area contributed by atoms with Gasteiger partial charge >= 0.3 is 0 Å². The Kier molecular flexibility index (Phi) is 4.46. The van der Waals surface area contributed by atoms with Gasteiger partial charge in [-0.25, -0.2) is 4.21 Å². The van der Waals surface area contributed by atoms with E-state index in [-0.39, 0.29) is 16.8 Å². The second-order valence-corrected chi connectivity index (χ2v) is 6.79. The van der Waals surface area contributed by atoms with Crippen LogP contribution in [0.25, 0.3) is 0 Å². The fourth-order valence-electron chi connectivity index (χ4n) is 2.91. The van der Waals surface area contributed by atoms with Gasteiger partial charge in [-0.2, -0.15) is 0 Å². The summed E-state index contributed by atoms with van der Waals surface area (Å²) >= 11 is 3.20. The normalized spacial score (nSPS) is 18.4. The number of halogens is 1. The molecule has 1 aliphatic carbocycles. The van der Waals surface area contributed by atoms with Gasteiger partial charge in [-0.15, -0.1) is 0 Å². The third-order valence-corrected chi connectivity index (χ3v) is 5.49. The Hall–Kier alpha value is -1.31. The molecule has 0 aliphatic heterocycles. The Morgan fingerprint density at radius 2 is 2.00 bits per heavy atom. The summed E-state index contributed by atoms with van der Waals surface area (Å²) in [5.74, 6) is 0. The largest absolute Gasteiger partial charge is 0.305 e. The maximum absolute atomic E-state index is 11.8. The molecule has 1 atom stereocenters. The molecule has 1 aromatic rings. The summed E-state index contributed by atoms with van der Waals surface area (Å²) < 4.78 is 20.4. The fourth-order valence-corrected chi connectivity index (χ4v) is 4.10. The van der Waals surface area contributed by atoms with Crippen molar-refractivity contribution in [3.63, 3.8) is 0 Å². The molecule has 1 N–H and O–H groups in total. The zero-order chi connectivity index (χ0) is 15.8. The summed E-state index contributed by atoms with van der Waals surface area (Å²) in [5, 5.41) is 10.5. The number of aryl methyl sites for hydroxylation is 1. The van der Waals surface area contributed by atoms with E-state index in [0.717, 1.165) is 18.9 Å². The first-order valence-corrected chi connectivity index (χ1v) is 7.88. The molecule has 0 spiro atoms. The van der Waals surface area contributed by atoms with Crippen LogP contribution in [0.1, 0.15) is 47.2 Å². The molecule has 1 aliphatic rings. The summed E-state index contributed by atoms with van der Waals surface area (Å²) in [7, 11) is 0. The first-order chi connectivity index (χ1) is 9.79. The number of nitrogens with zero attached hydrogens (tertiary/aromatic N) is 1. The van der Waals surface area contributed by atoms with Crippen molar-refractivity contribution in [2.45, 2.75) is 37.4 Å². The van der Waals surface area contributed by atoms with Crippen LogP contribution in [-0.4, -0.2) is 18.9 Å². The Morgan fingerprint density at radius 3 is 2.43 bits per heavy atom. The number of hydrogen-bond donors (Lipinski definition) is 1. The summed E-state index contributed by atoms with van der Waals surface area (Å²) in [6.45, 7) is 1.60. The predicted octanol–water partition coefficient (Wildman–Crippen LogP) is 3.27. The van der Waals surface area contributed by atoms with Crippen molar-refractivity contribution >= 4 is 33.6 Å². The minimum atomic E-state index is -2.23. The molecule has 21 heavy (non-hydrogen) atoms. The zero-order valence-electron chi connectivity index (χ0n) is 11.3. The number of benzene rings is 1. The molecule has 0 bridgehead atoms. The lowest BCUT2D eigenvalue weighted by Gasteiger charge is -2.25. The van der Waals surface area contributed by atoms with Crippen LogP contribution in [0.2, 0.25) is 0 Å². The van der Waals surface area contributed by atoms with Crippen LogP contribution in [0.3, 0.4) is 0 Å².